The molecule has 0 aliphatic carbocycles. The summed E-state index contributed by atoms with van der Waals surface area (Å²) in [6.45, 7) is 0. The SMILES string of the molecule is CS(=O)c1ccc(OC(F)(F)F)c(O)c1. The molecular formula is C8H7F3O3S. The molecule has 0 fully saturated rings. The van der Waals surface area contributed by atoms with Crippen LogP contribution in [0.1, 0.15) is 0 Å². The Hall–Kier alpha value is -1.24. The fraction of sp³-hybridized carbons (Fsp3) is 0.250. The van der Waals surface area contributed by atoms with Gasteiger partial charge in [-0.1, -0.05) is 0 Å². The molecule has 3 nitrogen and oxygen atoms in total. The minimum absolute atomic E-state index is 0.224. The van der Waals surface area contributed by atoms with Crippen molar-refractivity contribution in [2.75, 3.05) is 6.26 Å². The van der Waals surface area contributed by atoms with Gasteiger partial charge in [-0.15, -0.1) is 13.2 Å². The van der Waals surface area contributed by atoms with Gasteiger partial charge in [-0.3, -0.25) is 4.21 Å². The molecule has 0 aliphatic heterocycles. The molecule has 0 heterocycles. The number of rotatable bonds is 2. The second-order valence-corrected chi connectivity index (χ2v) is 4.01. The molecule has 0 aromatic heterocycles. The van der Waals surface area contributed by atoms with Gasteiger partial charge in [0, 0.05) is 22.0 Å². The van der Waals surface area contributed by atoms with Crippen molar-refractivity contribution in [3.05, 3.63) is 18.2 Å². The van der Waals surface area contributed by atoms with E-state index < -0.39 is 28.7 Å². The molecule has 1 unspecified atom stereocenters. The fourth-order valence-electron chi connectivity index (χ4n) is 0.887. The zero-order valence-electron chi connectivity index (χ0n) is 7.54. The Bertz CT molecular complexity index is 389. The first-order valence-corrected chi connectivity index (χ1v) is 5.27. The first-order chi connectivity index (χ1) is 6.79. The maximum absolute atomic E-state index is 11.8. The number of alkyl halides is 3. The number of ether oxygens (including phenoxy) is 1. The van der Waals surface area contributed by atoms with Crippen LogP contribution in [0.4, 0.5) is 13.2 Å². The molecule has 1 aromatic carbocycles. The molecule has 84 valence electrons. The molecule has 0 amide bonds. The number of benzene rings is 1. The van der Waals surface area contributed by atoms with Crippen molar-refractivity contribution in [3.63, 3.8) is 0 Å². The van der Waals surface area contributed by atoms with Crippen molar-refractivity contribution in [3.8, 4) is 11.5 Å². The van der Waals surface area contributed by atoms with Crippen LogP contribution in [0, 0.1) is 0 Å². The highest BCUT2D eigenvalue weighted by Gasteiger charge is 2.32. The van der Waals surface area contributed by atoms with Crippen LogP contribution in [-0.4, -0.2) is 21.9 Å². The normalized spacial score (nSPS) is 13.6. The van der Waals surface area contributed by atoms with Gasteiger partial charge < -0.3 is 9.84 Å². The molecule has 0 saturated heterocycles. The Labute approximate surface area is 85.9 Å². The third-order valence-electron chi connectivity index (χ3n) is 1.49. The van der Waals surface area contributed by atoms with Crippen LogP contribution in [0.3, 0.4) is 0 Å². The first kappa shape index (κ1) is 11.8. The van der Waals surface area contributed by atoms with Crippen LogP contribution in [-0.2, 0) is 10.8 Å². The Morgan fingerprint density at radius 1 is 1.40 bits per heavy atom. The molecule has 0 saturated carbocycles. The molecule has 1 aromatic rings. The van der Waals surface area contributed by atoms with E-state index in [-0.39, 0.29) is 4.90 Å². The third kappa shape index (κ3) is 3.43. The lowest BCUT2D eigenvalue weighted by Crippen LogP contribution is -2.17. The van der Waals surface area contributed by atoms with Crippen molar-refractivity contribution < 1.29 is 27.2 Å². The van der Waals surface area contributed by atoms with E-state index in [0.29, 0.717) is 0 Å². The Kier molecular flexibility index (Phi) is 3.23. The Morgan fingerprint density at radius 3 is 2.40 bits per heavy atom. The lowest BCUT2D eigenvalue weighted by Gasteiger charge is -2.10. The van der Waals surface area contributed by atoms with E-state index in [9.17, 15) is 17.4 Å². The predicted octanol–water partition coefficient (Wildman–Crippen LogP) is 2.03. The predicted molar refractivity (Wildman–Crippen MR) is 47.1 cm³/mol. The van der Waals surface area contributed by atoms with E-state index in [4.69, 9.17) is 5.11 Å². The van der Waals surface area contributed by atoms with Crippen LogP contribution in [0.2, 0.25) is 0 Å². The summed E-state index contributed by atoms with van der Waals surface area (Å²) < 4.78 is 49.8. The van der Waals surface area contributed by atoms with Crippen LogP contribution in [0.25, 0.3) is 0 Å². The minimum Gasteiger partial charge on any atom is -0.504 e. The molecule has 0 aliphatic rings. The van der Waals surface area contributed by atoms with E-state index in [2.05, 4.69) is 4.74 Å². The average molecular weight is 240 g/mol. The van der Waals surface area contributed by atoms with Crippen LogP contribution in [0.15, 0.2) is 23.1 Å². The highest BCUT2D eigenvalue weighted by Crippen LogP contribution is 2.32. The van der Waals surface area contributed by atoms with E-state index in [1.165, 1.54) is 12.3 Å². The number of phenols is 1. The summed E-state index contributed by atoms with van der Waals surface area (Å²) >= 11 is 0. The van der Waals surface area contributed by atoms with E-state index in [1.54, 1.807) is 0 Å². The summed E-state index contributed by atoms with van der Waals surface area (Å²) in [6, 6.07) is 3.08. The van der Waals surface area contributed by atoms with Gasteiger partial charge >= 0.3 is 6.36 Å². The standard InChI is InChI=1S/C8H7F3O3S/c1-15(13)5-2-3-7(6(12)4-5)14-8(9,10)11/h2-4,12H,1H3. The van der Waals surface area contributed by atoms with E-state index >= 15 is 0 Å². The summed E-state index contributed by atoms with van der Waals surface area (Å²) in [5.74, 6) is -1.41. The van der Waals surface area contributed by atoms with Gasteiger partial charge in [0.15, 0.2) is 11.5 Å². The lowest BCUT2D eigenvalue weighted by molar-refractivity contribution is -0.275. The van der Waals surface area contributed by atoms with Gasteiger partial charge in [-0.25, -0.2) is 0 Å². The molecule has 0 bridgehead atoms. The monoisotopic (exact) mass is 240 g/mol. The molecule has 1 atom stereocenters. The Morgan fingerprint density at radius 2 is 2.00 bits per heavy atom. The van der Waals surface area contributed by atoms with Gasteiger partial charge in [0.1, 0.15) is 0 Å². The number of aromatic hydroxyl groups is 1. The summed E-state index contributed by atoms with van der Waals surface area (Å²) in [4.78, 5) is 0.224. The van der Waals surface area contributed by atoms with Crippen LogP contribution < -0.4 is 4.74 Å². The number of halogens is 3. The van der Waals surface area contributed by atoms with Gasteiger partial charge in [0.2, 0.25) is 0 Å². The van der Waals surface area contributed by atoms with Crippen molar-refractivity contribution in [2.24, 2.45) is 0 Å². The van der Waals surface area contributed by atoms with Gasteiger partial charge in [-0.2, -0.15) is 0 Å². The number of hydrogen-bond acceptors (Lipinski definition) is 3. The third-order valence-corrected chi connectivity index (χ3v) is 2.41. The zero-order valence-corrected chi connectivity index (χ0v) is 8.35. The van der Waals surface area contributed by atoms with Crippen molar-refractivity contribution in [1.82, 2.24) is 0 Å². The molecule has 0 radical (unpaired) electrons. The molecular weight excluding hydrogens is 233 g/mol. The second-order valence-electron chi connectivity index (χ2n) is 2.63. The lowest BCUT2D eigenvalue weighted by atomic mass is 10.3. The van der Waals surface area contributed by atoms with Crippen molar-refractivity contribution in [1.29, 1.82) is 0 Å². The van der Waals surface area contributed by atoms with Crippen molar-refractivity contribution in [2.45, 2.75) is 11.3 Å². The topological polar surface area (TPSA) is 46.5 Å². The van der Waals surface area contributed by atoms with Gasteiger partial charge in [0.05, 0.1) is 0 Å². The molecule has 1 N–H and O–H groups in total. The summed E-state index contributed by atoms with van der Waals surface area (Å²) in [5, 5.41) is 9.14. The quantitative estimate of drug-likeness (QED) is 0.860. The fourth-order valence-corrected chi connectivity index (χ4v) is 1.42. The maximum atomic E-state index is 11.8. The Balaban J connectivity index is 2.99. The van der Waals surface area contributed by atoms with Crippen LogP contribution in [0.5, 0.6) is 11.5 Å². The first-order valence-electron chi connectivity index (χ1n) is 3.72. The van der Waals surface area contributed by atoms with E-state index in [1.807, 2.05) is 0 Å². The zero-order chi connectivity index (χ0) is 11.6. The highest BCUT2D eigenvalue weighted by molar-refractivity contribution is 7.84. The summed E-state index contributed by atoms with van der Waals surface area (Å²) in [6.07, 6.45) is -3.51. The molecule has 15 heavy (non-hydrogen) atoms. The molecule has 1 rings (SSSR count). The summed E-state index contributed by atoms with van der Waals surface area (Å²) in [5.41, 5.74) is 0. The number of phenolic OH excluding ortho intramolecular Hbond substituents is 1. The number of hydrogen-bond donors (Lipinski definition) is 1. The highest BCUT2D eigenvalue weighted by atomic mass is 32.2. The smallest absolute Gasteiger partial charge is 0.504 e. The second kappa shape index (κ2) is 4.09. The summed E-state index contributed by atoms with van der Waals surface area (Å²) in [7, 11) is -1.37. The largest absolute Gasteiger partial charge is 0.573 e. The van der Waals surface area contributed by atoms with Crippen molar-refractivity contribution >= 4 is 10.8 Å². The minimum atomic E-state index is -4.86. The van der Waals surface area contributed by atoms with E-state index in [0.717, 1.165) is 12.1 Å². The molecule has 7 heteroatoms. The van der Waals surface area contributed by atoms with Gasteiger partial charge in [-0.05, 0) is 18.2 Å². The molecule has 0 spiro atoms. The average Bonchev–Trinajstić information content (AvgIpc) is 2.05. The maximum Gasteiger partial charge on any atom is 0.573 e. The van der Waals surface area contributed by atoms with Gasteiger partial charge in [0.25, 0.3) is 0 Å². The van der Waals surface area contributed by atoms with Crippen LogP contribution >= 0.6 is 0 Å².